The molecular weight excluding hydrogens is 569 g/mol. The number of nitro benzene ring substituents is 1. The van der Waals surface area contributed by atoms with Crippen LogP contribution in [-0.4, -0.2) is 10.8 Å². The average Bonchev–Trinajstić information content (AvgIpc) is 2.80. The third kappa shape index (κ3) is 6.27. The molecule has 3 aromatic rings. The zero-order chi connectivity index (χ0) is 24.8. The Bertz CT molecular complexity index is 1320. The maximum absolute atomic E-state index is 12.6. The fraction of sp³-hybridized carbons (Fsp3) is 0.0435. The summed E-state index contributed by atoms with van der Waals surface area (Å²) in [6.07, 6.45) is 1.37. The van der Waals surface area contributed by atoms with Gasteiger partial charge in [-0.05, 0) is 69.5 Å². The van der Waals surface area contributed by atoms with E-state index in [2.05, 4.69) is 21.2 Å². The number of amides is 1. The summed E-state index contributed by atoms with van der Waals surface area (Å²) in [7, 11) is 0. The Balaban J connectivity index is 1.76. The number of hydrogen-bond donors (Lipinski definition) is 1. The first-order valence-corrected chi connectivity index (χ1v) is 11.3. The highest BCUT2D eigenvalue weighted by Crippen LogP contribution is 2.36. The molecule has 0 radical (unpaired) electrons. The van der Waals surface area contributed by atoms with Crippen LogP contribution in [0.5, 0.6) is 5.75 Å². The van der Waals surface area contributed by atoms with E-state index in [1.165, 1.54) is 24.3 Å². The van der Waals surface area contributed by atoms with Gasteiger partial charge in [0.25, 0.3) is 11.6 Å². The monoisotopic (exact) mass is 579 g/mol. The predicted octanol–water partition coefficient (Wildman–Crippen LogP) is 7.44. The van der Waals surface area contributed by atoms with Crippen LogP contribution < -0.4 is 10.1 Å². The minimum atomic E-state index is -0.669. The summed E-state index contributed by atoms with van der Waals surface area (Å²) in [6.45, 7) is 0.123. The highest BCUT2D eigenvalue weighted by Gasteiger charge is 2.15. The number of halogens is 4. The number of anilines is 1. The number of carbonyl (C=O) groups excluding carboxylic acids is 1. The van der Waals surface area contributed by atoms with E-state index in [9.17, 15) is 20.2 Å². The lowest BCUT2D eigenvalue weighted by Crippen LogP contribution is -2.13. The average molecular weight is 582 g/mol. The Labute approximate surface area is 217 Å². The van der Waals surface area contributed by atoms with Crippen molar-refractivity contribution >= 4 is 74.1 Å². The van der Waals surface area contributed by atoms with Crippen molar-refractivity contribution in [2.75, 3.05) is 5.32 Å². The summed E-state index contributed by atoms with van der Waals surface area (Å²) < 4.78 is 6.24. The number of non-ortho nitro benzene ring substituents is 1. The van der Waals surface area contributed by atoms with Crippen LogP contribution in [0.4, 0.5) is 11.4 Å². The van der Waals surface area contributed by atoms with Crippen molar-refractivity contribution < 1.29 is 14.5 Å². The molecule has 7 nitrogen and oxygen atoms in total. The van der Waals surface area contributed by atoms with Crippen LogP contribution in [0.1, 0.15) is 11.1 Å². The van der Waals surface area contributed by atoms with Crippen molar-refractivity contribution in [1.82, 2.24) is 0 Å². The third-order valence-electron chi connectivity index (χ3n) is 4.43. The molecule has 3 rings (SSSR count). The van der Waals surface area contributed by atoms with Crippen molar-refractivity contribution in [1.29, 1.82) is 5.26 Å². The van der Waals surface area contributed by atoms with E-state index in [4.69, 9.17) is 39.5 Å². The molecule has 11 heteroatoms. The Morgan fingerprint density at radius 1 is 1.15 bits per heavy atom. The van der Waals surface area contributed by atoms with Crippen LogP contribution in [-0.2, 0) is 11.4 Å². The van der Waals surface area contributed by atoms with Gasteiger partial charge in [0.2, 0.25) is 0 Å². The van der Waals surface area contributed by atoms with Gasteiger partial charge in [0.1, 0.15) is 18.2 Å². The van der Waals surface area contributed by atoms with Gasteiger partial charge in [0.05, 0.1) is 30.2 Å². The highest BCUT2D eigenvalue weighted by atomic mass is 79.9. The maximum atomic E-state index is 12.6. The Morgan fingerprint density at radius 3 is 2.47 bits per heavy atom. The molecule has 172 valence electrons. The summed E-state index contributed by atoms with van der Waals surface area (Å²) >= 11 is 21.8. The fourth-order valence-electron chi connectivity index (χ4n) is 2.78. The van der Waals surface area contributed by atoms with Crippen LogP contribution in [0.2, 0.25) is 15.1 Å². The normalized spacial score (nSPS) is 11.0. The molecule has 0 saturated carbocycles. The van der Waals surface area contributed by atoms with E-state index >= 15 is 0 Å². The number of benzene rings is 3. The van der Waals surface area contributed by atoms with Crippen LogP contribution in [0, 0.1) is 21.4 Å². The van der Waals surface area contributed by atoms with Gasteiger partial charge in [-0.15, -0.1) is 0 Å². The summed E-state index contributed by atoms with van der Waals surface area (Å²) in [5.74, 6) is -0.330. The summed E-state index contributed by atoms with van der Waals surface area (Å²) in [5.41, 5.74) is 1.26. The fourth-order valence-corrected chi connectivity index (χ4v) is 4.11. The summed E-state index contributed by atoms with van der Waals surface area (Å²) in [5, 5.41) is 23.4. The van der Waals surface area contributed by atoms with Crippen LogP contribution in [0.25, 0.3) is 6.08 Å². The summed E-state index contributed by atoms with van der Waals surface area (Å²) in [6, 6.07) is 15.7. The van der Waals surface area contributed by atoms with Crippen molar-refractivity contribution in [2.45, 2.75) is 6.61 Å². The van der Waals surface area contributed by atoms with E-state index in [0.717, 1.165) is 0 Å². The van der Waals surface area contributed by atoms with Gasteiger partial charge in [-0.25, -0.2) is 0 Å². The van der Waals surface area contributed by atoms with E-state index in [1.54, 1.807) is 36.4 Å². The molecule has 0 unspecified atom stereocenters. The zero-order valence-corrected chi connectivity index (χ0v) is 20.9. The van der Waals surface area contributed by atoms with Crippen LogP contribution in [0.3, 0.4) is 0 Å². The number of rotatable bonds is 7. The minimum absolute atomic E-state index is 0.0194. The Hall–Kier alpha value is -3.09. The van der Waals surface area contributed by atoms with Crippen LogP contribution >= 0.6 is 50.7 Å². The lowest BCUT2D eigenvalue weighted by atomic mass is 10.1. The first-order chi connectivity index (χ1) is 16.2. The molecule has 1 N–H and O–H groups in total. The number of nitrogens with one attached hydrogen (secondary N) is 1. The number of hydrogen-bond acceptors (Lipinski definition) is 5. The number of carbonyl (C=O) groups is 1. The maximum Gasteiger partial charge on any atom is 0.269 e. The smallest absolute Gasteiger partial charge is 0.269 e. The first-order valence-electron chi connectivity index (χ1n) is 9.42. The molecule has 0 aliphatic carbocycles. The molecule has 0 heterocycles. The molecule has 0 atom stereocenters. The molecule has 1 amide bonds. The van der Waals surface area contributed by atoms with Crippen molar-refractivity contribution in [3.63, 3.8) is 0 Å². The van der Waals surface area contributed by atoms with Crippen molar-refractivity contribution in [2.24, 2.45) is 0 Å². The van der Waals surface area contributed by atoms with Crippen molar-refractivity contribution in [3.8, 4) is 11.8 Å². The Kier molecular flexibility index (Phi) is 8.53. The third-order valence-corrected chi connectivity index (χ3v) is 6.12. The van der Waals surface area contributed by atoms with Crippen LogP contribution in [0.15, 0.2) is 64.6 Å². The second-order valence-corrected chi connectivity index (χ2v) is 8.80. The number of nitriles is 1. The van der Waals surface area contributed by atoms with E-state index in [-0.39, 0.29) is 38.6 Å². The standard InChI is InChI=1S/C23H13BrCl3N3O4/c24-17-9-14(8-15(11-28)23(31)29-20-3-1-2-18(25)21(20)27)10-19(26)22(17)34-12-13-4-6-16(7-5-13)30(32)33/h1-10H,12H2,(H,29,31)/b15-8-. The second-order valence-electron chi connectivity index (χ2n) is 6.75. The first kappa shape index (κ1) is 25.5. The van der Waals surface area contributed by atoms with E-state index in [0.29, 0.717) is 21.3 Å². The zero-order valence-electron chi connectivity index (χ0n) is 17.0. The number of nitro groups is 1. The molecule has 34 heavy (non-hydrogen) atoms. The highest BCUT2D eigenvalue weighted by molar-refractivity contribution is 9.10. The summed E-state index contributed by atoms with van der Waals surface area (Å²) in [4.78, 5) is 22.8. The molecule has 0 spiro atoms. The quantitative estimate of drug-likeness (QED) is 0.135. The minimum Gasteiger partial charge on any atom is -0.486 e. The van der Waals surface area contributed by atoms with Crippen molar-refractivity contribution in [3.05, 3.63) is 101 Å². The lowest BCUT2D eigenvalue weighted by Gasteiger charge is -2.12. The molecule has 0 aromatic heterocycles. The van der Waals surface area contributed by atoms with Gasteiger partial charge < -0.3 is 10.1 Å². The lowest BCUT2D eigenvalue weighted by molar-refractivity contribution is -0.384. The Morgan fingerprint density at radius 2 is 1.85 bits per heavy atom. The van der Waals surface area contributed by atoms with Gasteiger partial charge >= 0.3 is 0 Å². The van der Waals surface area contributed by atoms with E-state index in [1.807, 2.05) is 6.07 Å². The van der Waals surface area contributed by atoms with Gasteiger partial charge in [-0.2, -0.15) is 5.26 Å². The molecule has 0 bridgehead atoms. The van der Waals surface area contributed by atoms with Gasteiger partial charge in [0, 0.05) is 12.1 Å². The van der Waals surface area contributed by atoms with Gasteiger partial charge in [0.15, 0.2) is 5.75 Å². The predicted molar refractivity (Wildman–Crippen MR) is 135 cm³/mol. The van der Waals surface area contributed by atoms with Gasteiger partial charge in [-0.3, -0.25) is 14.9 Å². The number of nitrogens with zero attached hydrogens (tertiary/aromatic N) is 2. The largest absolute Gasteiger partial charge is 0.486 e. The molecular formula is C23H13BrCl3N3O4. The molecule has 0 saturated heterocycles. The SMILES string of the molecule is N#C/C(=C/c1cc(Cl)c(OCc2ccc([N+](=O)[O-])cc2)c(Br)c1)C(=O)Nc1cccc(Cl)c1Cl. The molecule has 0 aliphatic rings. The van der Waals surface area contributed by atoms with Gasteiger partial charge in [-0.1, -0.05) is 40.9 Å². The molecule has 0 fully saturated rings. The number of ether oxygens (including phenoxy) is 1. The second kappa shape index (κ2) is 11.4. The molecule has 0 aliphatic heterocycles. The van der Waals surface area contributed by atoms with E-state index < -0.39 is 10.8 Å². The topological polar surface area (TPSA) is 105 Å². The molecule has 3 aromatic carbocycles.